The number of carbonyl (C=O) groups excluding carboxylic acids is 1. The number of benzene rings is 2. The molecule has 1 amide bonds. The second-order valence-electron chi connectivity index (χ2n) is 6.44. The quantitative estimate of drug-likeness (QED) is 0.844. The van der Waals surface area contributed by atoms with Crippen molar-refractivity contribution in [3.05, 3.63) is 59.7 Å². The molecule has 25 heavy (non-hydrogen) atoms. The third kappa shape index (κ3) is 3.39. The fourth-order valence-electron chi connectivity index (χ4n) is 3.29. The lowest BCUT2D eigenvalue weighted by Crippen LogP contribution is -2.49. The Morgan fingerprint density at radius 1 is 1.12 bits per heavy atom. The molecule has 0 N–H and O–H groups in total. The molecule has 0 saturated heterocycles. The number of carbonyl (C=O) groups is 1. The van der Waals surface area contributed by atoms with Crippen LogP contribution in [0.5, 0.6) is 0 Å². The number of anilines is 2. The monoisotopic (exact) mass is 358 g/mol. The molecule has 2 aromatic rings. The van der Waals surface area contributed by atoms with Crippen molar-refractivity contribution < 1.29 is 13.2 Å². The Morgan fingerprint density at radius 3 is 2.40 bits per heavy atom. The summed E-state index contributed by atoms with van der Waals surface area (Å²) in [5, 5.41) is 0. The number of nitrogens with zero attached hydrogens (tertiary/aromatic N) is 2. The Bertz CT molecular complexity index is 891. The van der Waals surface area contributed by atoms with Crippen molar-refractivity contribution in [2.45, 2.75) is 26.3 Å². The third-order valence-corrected chi connectivity index (χ3v) is 5.75. The van der Waals surface area contributed by atoms with Crippen LogP contribution in [0.4, 0.5) is 11.4 Å². The maximum atomic E-state index is 13.1. The molecule has 3 rings (SSSR count). The van der Waals surface area contributed by atoms with Gasteiger partial charge in [-0.05, 0) is 44.0 Å². The van der Waals surface area contributed by atoms with E-state index >= 15 is 0 Å². The molecular formula is C19H22N2O3S. The molecule has 1 aliphatic heterocycles. The predicted molar refractivity (Wildman–Crippen MR) is 100 cm³/mol. The number of amides is 1. The number of sulfonamides is 1. The molecule has 1 unspecified atom stereocenters. The van der Waals surface area contributed by atoms with E-state index in [2.05, 4.69) is 0 Å². The first-order chi connectivity index (χ1) is 11.8. The van der Waals surface area contributed by atoms with E-state index in [0.717, 1.165) is 29.5 Å². The summed E-state index contributed by atoms with van der Waals surface area (Å²) in [5.41, 5.74) is 3.52. The van der Waals surface area contributed by atoms with Gasteiger partial charge < -0.3 is 4.90 Å². The van der Waals surface area contributed by atoms with E-state index in [1.165, 1.54) is 4.31 Å². The van der Waals surface area contributed by atoms with Crippen molar-refractivity contribution >= 4 is 27.3 Å². The Balaban J connectivity index is 1.95. The van der Waals surface area contributed by atoms with Gasteiger partial charge in [0, 0.05) is 12.2 Å². The number of hydrogen-bond donors (Lipinski definition) is 0. The first-order valence-electron chi connectivity index (χ1n) is 8.24. The van der Waals surface area contributed by atoms with Crippen LogP contribution >= 0.6 is 0 Å². The van der Waals surface area contributed by atoms with Gasteiger partial charge in [-0.15, -0.1) is 0 Å². The Kier molecular flexibility index (Phi) is 4.56. The normalized spacial score (nSPS) is 14.9. The summed E-state index contributed by atoms with van der Waals surface area (Å²) < 4.78 is 26.0. The van der Waals surface area contributed by atoms with Gasteiger partial charge in [-0.2, -0.15) is 0 Å². The second-order valence-corrected chi connectivity index (χ2v) is 8.30. The first-order valence-corrected chi connectivity index (χ1v) is 10.1. The van der Waals surface area contributed by atoms with Crippen molar-refractivity contribution in [3.8, 4) is 0 Å². The highest BCUT2D eigenvalue weighted by Gasteiger charge is 2.34. The second kappa shape index (κ2) is 6.52. The van der Waals surface area contributed by atoms with Crippen LogP contribution in [0.25, 0.3) is 0 Å². The minimum absolute atomic E-state index is 0.212. The highest BCUT2D eigenvalue weighted by atomic mass is 32.2. The molecule has 1 aliphatic rings. The number of rotatable bonds is 4. The van der Waals surface area contributed by atoms with Gasteiger partial charge in [0.25, 0.3) is 5.91 Å². The van der Waals surface area contributed by atoms with Gasteiger partial charge in [-0.1, -0.05) is 35.9 Å². The molecule has 0 fully saturated rings. The maximum Gasteiger partial charge on any atom is 0.250 e. The van der Waals surface area contributed by atoms with E-state index in [-0.39, 0.29) is 5.91 Å². The van der Waals surface area contributed by atoms with Crippen LogP contribution in [-0.2, 0) is 21.2 Å². The van der Waals surface area contributed by atoms with E-state index in [4.69, 9.17) is 0 Å². The smallest absolute Gasteiger partial charge is 0.250 e. The lowest BCUT2D eigenvalue weighted by atomic mass is 10.1. The van der Waals surface area contributed by atoms with Crippen LogP contribution in [0.2, 0.25) is 0 Å². The zero-order chi connectivity index (χ0) is 18.2. The molecule has 0 saturated carbocycles. The molecule has 0 radical (unpaired) electrons. The van der Waals surface area contributed by atoms with E-state index in [1.54, 1.807) is 24.0 Å². The summed E-state index contributed by atoms with van der Waals surface area (Å²) in [5.74, 6) is -0.212. The highest BCUT2D eigenvalue weighted by Crippen LogP contribution is 2.30. The van der Waals surface area contributed by atoms with Crippen molar-refractivity contribution in [2.24, 2.45) is 0 Å². The minimum atomic E-state index is -3.60. The van der Waals surface area contributed by atoms with Gasteiger partial charge in [0.1, 0.15) is 6.04 Å². The van der Waals surface area contributed by atoms with Gasteiger partial charge in [0.05, 0.1) is 11.9 Å². The van der Waals surface area contributed by atoms with Crippen LogP contribution in [0.15, 0.2) is 48.5 Å². The number of para-hydroxylation sites is 1. The largest absolute Gasteiger partial charge is 0.310 e. The molecule has 0 aliphatic carbocycles. The minimum Gasteiger partial charge on any atom is -0.310 e. The highest BCUT2D eigenvalue weighted by molar-refractivity contribution is 7.92. The number of hydrogen-bond acceptors (Lipinski definition) is 3. The van der Waals surface area contributed by atoms with Crippen molar-refractivity contribution in [2.75, 3.05) is 22.0 Å². The summed E-state index contributed by atoms with van der Waals surface area (Å²) in [4.78, 5) is 14.7. The molecule has 5 nitrogen and oxygen atoms in total. The van der Waals surface area contributed by atoms with E-state index in [0.29, 0.717) is 12.2 Å². The molecular weight excluding hydrogens is 336 g/mol. The standard InChI is InChI=1S/C19H22N2O3S/c1-14-8-10-17(11-9-14)21(25(3,23)24)15(2)19(22)20-13-12-16-6-4-5-7-18(16)20/h4-11,15H,12-13H2,1-3H3. The van der Waals surface area contributed by atoms with E-state index in [1.807, 2.05) is 43.3 Å². The topological polar surface area (TPSA) is 57.7 Å². The number of aryl methyl sites for hydroxylation is 1. The van der Waals surface area contributed by atoms with E-state index < -0.39 is 16.1 Å². The summed E-state index contributed by atoms with van der Waals surface area (Å²) in [7, 11) is -3.60. The summed E-state index contributed by atoms with van der Waals surface area (Å²) >= 11 is 0. The molecule has 6 heteroatoms. The molecule has 0 bridgehead atoms. The third-order valence-electron chi connectivity index (χ3n) is 4.51. The fourth-order valence-corrected chi connectivity index (χ4v) is 4.46. The summed E-state index contributed by atoms with van der Waals surface area (Å²) in [6.07, 6.45) is 1.92. The Morgan fingerprint density at radius 2 is 1.76 bits per heavy atom. The van der Waals surface area contributed by atoms with E-state index in [9.17, 15) is 13.2 Å². The van der Waals surface area contributed by atoms with Crippen LogP contribution in [-0.4, -0.2) is 33.2 Å². The van der Waals surface area contributed by atoms with Gasteiger partial charge in [0.2, 0.25) is 10.0 Å². The van der Waals surface area contributed by atoms with Crippen LogP contribution in [0.3, 0.4) is 0 Å². The lowest BCUT2D eigenvalue weighted by molar-refractivity contribution is -0.119. The Hall–Kier alpha value is -2.34. The average molecular weight is 358 g/mol. The van der Waals surface area contributed by atoms with Crippen molar-refractivity contribution in [3.63, 3.8) is 0 Å². The van der Waals surface area contributed by atoms with Crippen LogP contribution in [0.1, 0.15) is 18.1 Å². The average Bonchev–Trinajstić information content (AvgIpc) is 2.99. The molecule has 0 aromatic heterocycles. The number of fused-ring (bicyclic) bond motifs is 1. The molecule has 1 atom stereocenters. The van der Waals surface area contributed by atoms with Gasteiger partial charge in [0.15, 0.2) is 0 Å². The molecule has 1 heterocycles. The maximum absolute atomic E-state index is 13.1. The van der Waals surface area contributed by atoms with Crippen molar-refractivity contribution in [1.82, 2.24) is 0 Å². The first kappa shape index (κ1) is 17.5. The van der Waals surface area contributed by atoms with Gasteiger partial charge in [-0.25, -0.2) is 8.42 Å². The zero-order valence-corrected chi connectivity index (χ0v) is 15.5. The van der Waals surface area contributed by atoms with Crippen LogP contribution < -0.4 is 9.21 Å². The van der Waals surface area contributed by atoms with Crippen molar-refractivity contribution in [1.29, 1.82) is 0 Å². The van der Waals surface area contributed by atoms with Crippen LogP contribution in [0, 0.1) is 6.92 Å². The fraction of sp³-hybridized carbons (Fsp3) is 0.316. The molecule has 0 spiro atoms. The predicted octanol–water partition coefficient (Wildman–Crippen LogP) is 2.74. The summed E-state index contributed by atoms with van der Waals surface area (Å²) in [6.45, 7) is 4.16. The summed E-state index contributed by atoms with van der Waals surface area (Å²) in [6, 6.07) is 14.1. The lowest BCUT2D eigenvalue weighted by Gasteiger charge is -2.31. The molecule has 132 valence electrons. The Labute approximate surface area is 148 Å². The molecule has 2 aromatic carbocycles. The van der Waals surface area contributed by atoms with Gasteiger partial charge >= 0.3 is 0 Å². The zero-order valence-electron chi connectivity index (χ0n) is 14.6. The van der Waals surface area contributed by atoms with Gasteiger partial charge in [-0.3, -0.25) is 9.10 Å². The SMILES string of the molecule is Cc1ccc(N(C(C)C(=O)N2CCc3ccccc32)S(C)(=O)=O)cc1.